The SMILES string of the molecule is CC[C@@H](C)[C@@H](Nc1ccc2c(cc1=O)[C@H](NC(C)=O)CCc1cc(OC)c(OC)c(OC)c1-2)C(=O)N1CCC(C(=O)O)CC1. The highest BCUT2D eigenvalue weighted by Gasteiger charge is 2.34. The molecule has 1 saturated heterocycles. The maximum atomic E-state index is 13.8. The van der Waals surface area contributed by atoms with Gasteiger partial charge in [-0.1, -0.05) is 26.3 Å². The Morgan fingerprint density at radius 3 is 2.27 bits per heavy atom. The molecule has 3 N–H and O–H groups in total. The molecule has 238 valence electrons. The van der Waals surface area contributed by atoms with Gasteiger partial charge in [0.05, 0.1) is 39.0 Å². The summed E-state index contributed by atoms with van der Waals surface area (Å²) in [6.07, 6.45) is 2.60. The molecule has 3 atom stereocenters. The Bertz CT molecular complexity index is 1470. The molecule has 0 bridgehead atoms. The van der Waals surface area contributed by atoms with Crippen molar-refractivity contribution < 1.29 is 33.7 Å². The third-order valence-electron chi connectivity index (χ3n) is 8.86. The lowest BCUT2D eigenvalue weighted by Gasteiger charge is -2.35. The number of carbonyl (C=O) groups excluding carboxylic acids is 2. The topological polar surface area (TPSA) is 144 Å². The summed E-state index contributed by atoms with van der Waals surface area (Å²) in [6, 6.07) is 5.78. The van der Waals surface area contributed by atoms with Gasteiger partial charge in [-0.25, -0.2) is 0 Å². The number of amides is 2. The van der Waals surface area contributed by atoms with Gasteiger partial charge in [0.25, 0.3) is 0 Å². The van der Waals surface area contributed by atoms with E-state index in [-0.39, 0.29) is 28.8 Å². The van der Waals surface area contributed by atoms with Crippen LogP contribution in [0.3, 0.4) is 0 Å². The number of ether oxygens (including phenoxy) is 3. The molecule has 4 rings (SSSR count). The molecule has 0 unspecified atom stereocenters. The second-order valence-corrected chi connectivity index (χ2v) is 11.5. The standard InChI is InChI=1S/C33H43N3O8/c1-7-18(2)29(32(39)36-14-12-20(13-15-36)33(40)41)35-25-11-9-22-23(17-26(25)38)24(34-19(3)37)10-8-21-16-27(42-4)30(43-5)31(44-6)28(21)22/h9,11,16-18,20,24,29H,7-8,10,12-15H2,1-6H3,(H,34,37)(H,35,38)(H,40,41)/t18-,24-,29-/m1/s1. The van der Waals surface area contributed by atoms with Crippen LogP contribution in [0.15, 0.2) is 29.1 Å². The monoisotopic (exact) mass is 609 g/mol. The summed E-state index contributed by atoms with van der Waals surface area (Å²) in [5.41, 5.74) is 2.91. The van der Waals surface area contributed by atoms with Crippen LogP contribution in [0.1, 0.15) is 63.6 Å². The molecule has 0 spiro atoms. The van der Waals surface area contributed by atoms with E-state index in [1.165, 1.54) is 20.1 Å². The smallest absolute Gasteiger partial charge is 0.306 e. The number of nitrogens with zero attached hydrogens (tertiary/aromatic N) is 1. The first kappa shape index (κ1) is 32.6. The molecule has 1 heterocycles. The zero-order chi connectivity index (χ0) is 32.1. The lowest BCUT2D eigenvalue weighted by Crippen LogP contribution is -2.49. The quantitative estimate of drug-likeness (QED) is 0.364. The van der Waals surface area contributed by atoms with Crippen molar-refractivity contribution in [1.82, 2.24) is 10.2 Å². The van der Waals surface area contributed by atoms with Gasteiger partial charge in [0.1, 0.15) is 6.04 Å². The highest BCUT2D eigenvalue weighted by atomic mass is 16.5. The lowest BCUT2D eigenvalue weighted by atomic mass is 9.93. The predicted molar refractivity (Wildman–Crippen MR) is 166 cm³/mol. The third kappa shape index (κ3) is 6.61. The number of carboxylic acids is 1. The summed E-state index contributed by atoms with van der Waals surface area (Å²) in [5, 5.41) is 15.6. The minimum absolute atomic E-state index is 0.105. The van der Waals surface area contributed by atoms with Crippen molar-refractivity contribution in [3.63, 3.8) is 0 Å². The Kier molecular flexibility index (Phi) is 10.4. The van der Waals surface area contributed by atoms with Gasteiger partial charge in [-0.05, 0) is 66.5 Å². The number of rotatable bonds is 10. The molecular formula is C33H43N3O8. The van der Waals surface area contributed by atoms with Crippen molar-refractivity contribution in [3.8, 4) is 28.4 Å². The Morgan fingerprint density at radius 1 is 1.02 bits per heavy atom. The summed E-state index contributed by atoms with van der Waals surface area (Å²) in [4.78, 5) is 53.0. The molecule has 0 radical (unpaired) electrons. The first-order valence-electron chi connectivity index (χ1n) is 15.1. The van der Waals surface area contributed by atoms with Crippen LogP contribution in [0.25, 0.3) is 11.1 Å². The number of anilines is 1. The van der Waals surface area contributed by atoms with Crippen molar-refractivity contribution in [2.75, 3.05) is 39.7 Å². The molecule has 1 fully saturated rings. The van der Waals surface area contributed by atoms with E-state index >= 15 is 0 Å². The molecule has 11 nitrogen and oxygen atoms in total. The minimum atomic E-state index is -0.840. The van der Waals surface area contributed by atoms with Crippen molar-refractivity contribution in [1.29, 1.82) is 0 Å². The first-order chi connectivity index (χ1) is 21.0. The number of likely N-dealkylation sites (tertiary alicyclic amines) is 1. The van der Waals surface area contributed by atoms with Gasteiger partial charge in [0, 0.05) is 25.6 Å². The molecule has 44 heavy (non-hydrogen) atoms. The number of nitrogens with one attached hydrogen (secondary N) is 2. The Balaban J connectivity index is 1.82. The summed E-state index contributed by atoms with van der Waals surface area (Å²) in [6.45, 7) is 6.09. The summed E-state index contributed by atoms with van der Waals surface area (Å²) in [5.74, 6) is -0.398. The molecule has 1 aliphatic carbocycles. The molecular weight excluding hydrogens is 566 g/mol. The fraction of sp³-hybridized carbons (Fsp3) is 0.515. The van der Waals surface area contributed by atoms with Gasteiger partial charge < -0.3 is 34.9 Å². The zero-order valence-electron chi connectivity index (χ0n) is 26.3. The van der Waals surface area contributed by atoms with Crippen LogP contribution in [-0.4, -0.2) is 68.3 Å². The number of methoxy groups -OCH3 is 3. The number of hydrogen-bond acceptors (Lipinski definition) is 8. The number of piperidine rings is 1. The number of fused-ring (bicyclic) bond motifs is 3. The van der Waals surface area contributed by atoms with Gasteiger partial charge in [0.2, 0.25) is 23.0 Å². The van der Waals surface area contributed by atoms with Gasteiger partial charge in [-0.15, -0.1) is 0 Å². The summed E-state index contributed by atoms with van der Waals surface area (Å²) >= 11 is 0. The second kappa shape index (κ2) is 14.0. The number of hydrogen-bond donors (Lipinski definition) is 3. The highest BCUT2D eigenvalue weighted by Crippen LogP contribution is 2.50. The molecule has 2 aromatic rings. The normalized spacial score (nSPS) is 17.7. The highest BCUT2D eigenvalue weighted by molar-refractivity contribution is 5.86. The van der Waals surface area contributed by atoms with Crippen molar-refractivity contribution in [3.05, 3.63) is 45.6 Å². The number of carboxylic acid groups (broad SMARTS) is 1. The number of aryl methyl sites for hydroxylation is 1. The molecule has 0 saturated carbocycles. The van der Waals surface area contributed by atoms with Crippen LogP contribution < -0.4 is 30.3 Å². The Labute approximate surface area is 257 Å². The largest absolute Gasteiger partial charge is 0.493 e. The van der Waals surface area contributed by atoms with Crippen LogP contribution in [-0.2, 0) is 20.8 Å². The first-order valence-corrected chi connectivity index (χ1v) is 15.1. The van der Waals surface area contributed by atoms with E-state index in [2.05, 4.69) is 10.6 Å². The fourth-order valence-electron chi connectivity index (χ4n) is 6.22. The number of carbonyl (C=O) groups is 3. The van der Waals surface area contributed by atoms with Crippen LogP contribution in [0.2, 0.25) is 0 Å². The van der Waals surface area contributed by atoms with E-state index in [0.717, 1.165) is 11.1 Å². The number of aliphatic carboxylic acids is 1. The average Bonchev–Trinajstić information content (AvgIpc) is 3.26. The number of benzene rings is 1. The van der Waals surface area contributed by atoms with Gasteiger partial charge in [-0.2, -0.15) is 0 Å². The molecule has 0 aromatic heterocycles. The second-order valence-electron chi connectivity index (χ2n) is 11.5. The average molecular weight is 610 g/mol. The fourth-order valence-corrected chi connectivity index (χ4v) is 6.22. The summed E-state index contributed by atoms with van der Waals surface area (Å²) in [7, 11) is 4.63. The van der Waals surface area contributed by atoms with Gasteiger partial charge >= 0.3 is 5.97 Å². The lowest BCUT2D eigenvalue weighted by molar-refractivity contribution is -0.146. The van der Waals surface area contributed by atoms with E-state index in [0.29, 0.717) is 73.6 Å². The van der Waals surface area contributed by atoms with Crippen LogP contribution >= 0.6 is 0 Å². The Hall–Kier alpha value is -4.28. The van der Waals surface area contributed by atoms with Crippen LogP contribution in [0.4, 0.5) is 5.69 Å². The van der Waals surface area contributed by atoms with Crippen LogP contribution in [0, 0.1) is 11.8 Å². The maximum absolute atomic E-state index is 13.8. The third-order valence-corrected chi connectivity index (χ3v) is 8.86. The minimum Gasteiger partial charge on any atom is -0.493 e. The maximum Gasteiger partial charge on any atom is 0.306 e. The molecule has 2 aliphatic rings. The van der Waals surface area contributed by atoms with E-state index in [1.54, 1.807) is 25.2 Å². The van der Waals surface area contributed by atoms with Crippen molar-refractivity contribution in [2.45, 2.75) is 65.0 Å². The van der Waals surface area contributed by atoms with E-state index < -0.39 is 24.0 Å². The van der Waals surface area contributed by atoms with Gasteiger partial charge in [-0.3, -0.25) is 19.2 Å². The molecule has 2 aromatic carbocycles. The van der Waals surface area contributed by atoms with Crippen LogP contribution in [0.5, 0.6) is 17.2 Å². The van der Waals surface area contributed by atoms with E-state index in [9.17, 15) is 24.3 Å². The molecule has 1 aliphatic heterocycles. The van der Waals surface area contributed by atoms with E-state index in [1.807, 2.05) is 26.0 Å². The van der Waals surface area contributed by atoms with Crippen molar-refractivity contribution in [2.24, 2.45) is 11.8 Å². The summed E-state index contributed by atoms with van der Waals surface area (Å²) < 4.78 is 17.1. The van der Waals surface area contributed by atoms with E-state index in [4.69, 9.17) is 14.2 Å². The van der Waals surface area contributed by atoms with Gasteiger partial charge in [0.15, 0.2) is 11.5 Å². The molecule has 11 heteroatoms. The zero-order valence-corrected chi connectivity index (χ0v) is 26.3. The Morgan fingerprint density at radius 2 is 1.70 bits per heavy atom. The van der Waals surface area contributed by atoms with Crippen molar-refractivity contribution >= 4 is 23.5 Å². The molecule has 2 amide bonds. The predicted octanol–water partition coefficient (Wildman–Crippen LogP) is 4.01.